The van der Waals surface area contributed by atoms with Crippen molar-refractivity contribution >= 4 is 11.0 Å². The summed E-state index contributed by atoms with van der Waals surface area (Å²) in [5.74, 6) is 1.03. The molecule has 0 radical (unpaired) electrons. The molecule has 1 heterocycles. The average molecular weight is 265 g/mol. The molecule has 3 aromatic rings. The number of hydrogen-bond donors (Lipinski definition) is 1. The first-order valence-corrected chi connectivity index (χ1v) is 7.01. The third kappa shape index (κ3) is 2.47. The lowest BCUT2D eigenvalue weighted by Crippen LogP contribution is -2.18. The van der Waals surface area contributed by atoms with Crippen LogP contribution in [0, 0.1) is 6.92 Å². The number of nitrogens with one attached hydrogen (secondary N) is 1. The van der Waals surface area contributed by atoms with Gasteiger partial charge < -0.3 is 9.73 Å². The molecule has 0 amide bonds. The Kier molecular flexibility index (Phi) is 3.57. The van der Waals surface area contributed by atoms with Crippen LogP contribution < -0.4 is 5.32 Å². The lowest BCUT2D eigenvalue weighted by Gasteiger charge is -2.12. The number of fused-ring (bicyclic) bond motifs is 1. The van der Waals surface area contributed by atoms with Crippen molar-refractivity contribution < 1.29 is 4.42 Å². The Bertz CT molecular complexity index is 700. The maximum atomic E-state index is 5.99. The molecule has 1 N–H and O–H groups in total. The van der Waals surface area contributed by atoms with Gasteiger partial charge in [-0.1, -0.05) is 48.5 Å². The highest BCUT2D eigenvalue weighted by atomic mass is 16.3. The number of benzene rings is 2. The standard InChI is InChI=1S/C18H19NO/c1-13-16-10-6-7-11-17(16)20-18(13)14(2)19-12-15-8-4-3-5-9-15/h3-11,14,19H,12H2,1-2H3. The molecule has 1 aromatic heterocycles. The average Bonchev–Trinajstić information content (AvgIpc) is 2.84. The fourth-order valence-electron chi connectivity index (χ4n) is 2.57. The van der Waals surface area contributed by atoms with Crippen molar-refractivity contribution in [3.05, 3.63) is 71.5 Å². The van der Waals surface area contributed by atoms with Crippen molar-refractivity contribution in [1.82, 2.24) is 5.32 Å². The second kappa shape index (κ2) is 5.51. The highest BCUT2D eigenvalue weighted by molar-refractivity contribution is 5.82. The van der Waals surface area contributed by atoms with Gasteiger partial charge in [-0.05, 0) is 31.0 Å². The number of aryl methyl sites for hydroxylation is 1. The first kappa shape index (κ1) is 12.9. The van der Waals surface area contributed by atoms with Gasteiger partial charge in [-0.15, -0.1) is 0 Å². The summed E-state index contributed by atoms with van der Waals surface area (Å²) in [6, 6.07) is 18.8. The Hall–Kier alpha value is -2.06. The van der Waals surface area contributed by atoms with Crippen LogP contribution in [0.3, 0.4) is 0 Å². The SMILES string of the molecule is Cc1c(C(C)NCc2ccccc2)oc2ccccc12. The third-order valence-electron chi connectivity index (χ3n) is 3.73. The summed E-state index contributed by atoms with van der Waals surface area (Å²) >= 11 is 0. The van der Waals surface area contributed by atoms with Crippen LogP contribution in [0.2, 0.25) is 0 Å². The molecule has 2 nitrogen and oxygen atoms in total. The molecular weight excluding hydrogens is 246 g/mol. The number of hydrogen-bond acceptors (Lipinski definition) is 2. The summed E-state index contributed by atoms with van der Waals surface area (Å²) in [6.07, 6.45) is 0. The zero-order valence-electron chi connectivity index (χ0n) is 11.9. The molecule has 0 aliphatic heterocycles. The van der Waals surface area contributed by atoms with Crippen molar-refractivity contribution in [2.75, 3.05) is 0 Å². The smallest absolute Gasteiger partial charge is 0.134 e. The Balaban J connectivity index is 1.79. The number of rotatable bonds is 4. The first-order chi connectivity index (χ1) is 9.75. The van der Waals surface area contributed by atoms with Crippen molar-refractivity contribution in [2.45, 2.75) is 26.4 Å². The molecular formula is C18H19NO. The van der Waals surface area contributed by atoms with Gasteiger partial charge in [-0.25, -0.2) is 0 Å². The van der Waals surface area contributed by atoms with Crippen LogP contribution >= 0.6 is 0 Å². The maximum Gasteiger partial charge on any atom is 0.134 e. The van der Waals surface area contributed by atoms with Gasteiger partial charge in [-0.3, -0.25) is 0 Å². The van der Waals surface area contributed by atoms with Gasteiger partial charge in [0.15, 0.2) is 0 Å². The van der Waals surface area contributed by atoms with Gasteiger partial charge >= 0.3 is 0 Å². The molecule has 0 saturated heterocycles. The second-order valence-electron chi connectivity index (χ2n) is 5.18. The van der Waals surface area contributed by atoms with E-state index in [1.165, 1.54) is 16.5 Å². The van der Waals surface area contributed by atoms with Gasteiger partial charge in [0.1, 0.15) is 11.3 Å². The van der Waals surface area contributed by atoms with Crippen molar-refractivity contribution in [3.63, 3.8) is 0 Å². The predicted molar refractivity (Wildman–Crippen MR) is 82.6 cm³/mol. The van der Waals surface area contributed by atoms with Gasteiger partial charge in [0.2, 0.25) is 0 Å². The maximum absolute atomic E-state index is 5.99. The molecule has 1 unspecified atom stereocenters. The highest BCUT2D eigenvalue weighted by Crippen LogP contribution is 2.29. The van der Waals surface area contributed by atoms with Crippen LogP contribution in [0.25, 0.3) is 11.0 Å². The van der Waals surface area contributed by atoms with Gasteiger partial charge in [0.25, 0.3) is 0 Å². The van der Waals surface area contributed by atoms with E-state index in [0.29, 0.717) is 0 Å². The number of furan rings is 1. The molecule has 0 fully saturated rings. The minimum atomic E-state index is 0.197. The Morgan fingerprint density at radius 3 is 2.45 bits per heavy atom. The third-order valence-corrected chi connectivity index (χ3v) is 3.73. The Labute approximate surface area is 119 Å². The highest BCUT2D eigenvalue weighted by Gasteiger charge is 2.15. The van der Waals surface area contributed by atoms with E-state index >= 15 is 0 Å². The van der Waals surface area contributed by atoms with Crippen LogP contribution in [0.15, 0.2) is 59.0 Å². The summed E-state index contributed by atoms with van der Waals surface area (Å²) in [7, 11) is 0. The van der Waals surface area contributed by atoms with Gasteiger partial charge in [0, 0.05) is 11.9 Å². The quantitative estimate of drug-likeness (QED) is 0.746. The fraction of sp³-hybridized carbons (Fsp3) is 0.222. The van der Waals surface area contributed by atoms with Crippen LogP contribution in [0.5, 0.6) is 0 Å². The van der Waals surface area contributed by atoms with Gasteiger partial charge in [-0.2, -0.15) is 0 Å². The topological polar surface area (TPSA) is 25.2 Å². The molecule has 2 heteroatoms. The second-order valence-corrected chi connectivity index (χ2v) is 5.18. The van der Waals surface area contributed by atoms with E-state index in [0.717, 1.165) is 17.9 Å². The van der Waals surface area contributed by atoms with Crippen molar-refractivity contribution in [3.8, 4) is 0 Å². The summed E-state index contributed by atoms with van der Waals surface area (Å²) in [5, 5.41) is 4.73. The van der Waals surface area contributed by atoms with Gasteiger partial charge in [0.05, 0.1) is 6.04 Å². The van der Waals surface area contributed by atoms with E-state index in [1.807, 2.05) is 18.2 Å². The fourth-order valence-corrected chi connectivity index (χ4v) is 2.57. The van der Waals surface area contributed by atoms with Crippen molar-refractivity contribution in [2.24, 2.45) is 0 Å². The van der Waals surface area contributed by atoms with Crippen LogP contribution in [0.1, 0.15) is 29.9 Å². The molecule has 1 atom stereocenters. The lowest BCUT2D eigenvalue weighted by atomic mass is 10.1. The molecule has 102 valence electrons. The molecule has 0 spiro atoms. The summed E-state index contributed by atoms with van der Waals surface area (Å²) in [6.45, 7) is 5.12. The molecule has 3 rings (SSSR count). The van der Waals surface area contributed by atoms with E-state index < -0.39 is 0 Å². The molecule has 2 aromatic carbocycles. The zero-order chi connectivity index (χ0) is 13.9. The van der Waals surface area contributed by atoms with E-state index in [1.54, 1.807) is 0 Å². The van der Waals surface area contributed by atoms with Crippen LogP contribution in [-0.2, 0) is 6.54 Å². The lowest BCUT2D eigenvalue weighted by molar-refractivity contribution is 0.447. The minimum absolute atomic E-state index is 0.197. The predicted octanol–water partition coefficient (Wildman–Crippen LogP) is 4.59. The monoisotopic (exact) mass is 265 g/mol. The van der Waals surface area contributed by atoms with E-state index in [2.05, 4.69) is 55.6 Å². The molecule has 0 saturated carbocycles. The van der Waals surface area contributed by atoms with Crippen molar-refractivity contribution in [1.29, 1.82) is 0 Å². The molecule has 0 bridgehead atoms. The van der Waals surface area contributed by atoms with E-state index in [-0.39, 0.29) is 6.04 Å². The number of para-hydroxylation sites is 1. The van der Waals surface area contributed by atoms with Crippen LogP contribution in [-0.4, -0.2) is 0 Å². The zero-order valence-corrected chi connectivity index (χ0v) is 11.9. The first-order valence-electron chi connectivity index (χ1n) is 7.01. The minimum Gasteiger partial charge on any atom is -0.459 e. The van der Waals surface area contributed by atoms with Crippen LogP contribution in [0.4, 0.5) is 0 Å². The molecule has 0 aliphatic rings. The Morgan fingerprint density at radius 1 is 1.00 bits per heavy atom. The summed E-state index contributed by atoms with van der Waals surface area (Å²) < 4.78 is 5.99. The normalized spacial score (nSPS) is 12.7. The van der Waals surface area contributed by atoms with E-state index in [9.17, 15) is 0 Å². The molecule has 0 aliphatic carbocycles. The summed E-state index contributed by atoms with van der Waals surface area (Å²) in [5.41, 5.74) is 3.48. The largest absolute Gasteiger partial charge is 0.459 e. The van der Waals surface area contributed by atoms with E-state index in [4.69, 9.17) is 4.42 Å². The summed E-state index contributed by atoms with van der Waals surface area (Å²) in [4.78, 5) is 0. The molecule has 20 heavy (non-hydrogen) atoms. The Morgan fingerprint density at radius 2 is 1.70 bits per heavy atom.